The molecule has 1 aliphatic carbocycles. The van der Waals surface area contributed by atoms with Crippen LogP contribution in [0.25, 0.3) is 0 Å². The Bertz CT molecular complexity index is 404. The van der Waals surface area contributed by atoms with Crippen molar-refractivity contribution in [3.05, 3.63) is 24.3 Å². The summed E-state index contributed by atoms with van der Waals surface area (Å²) in [7, 11) is 1.58. The number of carbonyl (C=O) groups excluding carboxylic acids is 1. The van der Waals surface area contributed by atoms with Gasteiger partial charge in [-0.05, 0) is 12.1 Å². The molecule has 0 aromatic heterocycles. The molecule has 92 valence electrons. The van der Waals surface area contributed by atoms with Gasteiger partial charge in [0.1, 0.15) is 17.3 Å². The summed E-state index contributed by atoms with van der Waals surface area (Å²) in [6, 6.07) is 7.08. The summed E-state index contributed by atoms with van der Waals surface area (Å²) in [6.07, 6.45) is 1.45. The van der Waals surface area contributed by atoms with Gasteiger partial charge in [0.15, 0.2) is 0 Å². The molecule has 0 radical (unpaired) electrons. The van der Waals surface area contributed by atoms with Crippen molar-refractivity contribution in [2.24, 2.45) is 0 Å². The zero-order valence-electron chi connectivity index (χ0n) is 9.81. The van der Waals surface area contributed by atoms with E-state index in [1.54, 1.807) is 31.4 Å². The van der Waals surface area contributed by atoms with Crippen LogP contribution in [0, 0.1) is 0 Å². The van der Waals surface area contributed by atoms with E-state index in [0.29, 0.717) is 37.2 Å². The van der Waals surface area contributed by atoms with E-state index in [0.717, 1.165) is 0 Å². The number of rotatable bonds is 3. The van der Waals surface area contributed by atoms with E-state index in [2.05, 4.69) is 0 Å². The molecule has 4 nitrogen and oxygen atoms in total. The molecular formula is C13H16O4. The molecule has 0 amide bonds. The van der Waals surface area contributed by atoms with E-state index in [1.807, 2.05) is 0 Å². The number of Topliss-reactive ketones (excluding diaryl/α,β-unsaturated/α-hetero) is 1. The Morgan fingerprint density at radius 3 is 2.53 bits per heavy atom. The lowest BCUT2D eigenvalue weighted by Gasteiger charge is -2.31. The number of aliphatic hydroxyl groups is 1. The third-order valence-corrected chi connectivity index (χ3v) is 2.94. The van der Waals surface area contributed by atoms with Crippen LogP contribution >= 0.6 is 0 Å². The lowest BCUT2D eigenvalue weighted by atomic mass is 9.93. The van der Waals surface area contributed by atoms with Gasteiger partial charge in [-0.3, -0.25) is 4.79 Å². The fourth-order valence-electron chi connectivity index (χ4n) is 1.91. The highest BCUT2D eigenvalue weighted by atomic mass is 16.6. The summed E-state index contributed by atoms with van der Waals surface area (Å²) in [5, 5.41) is 10.2. The Hall–Kier alpha value is -1.55. The number of carbonyl (C=O) groups is 1. The first kappa shape index (κ1) is 11.9. The van der Waals surface area contributed by atoms with E-state index in [4.69, 9.17) is 9.47 Å². The van der Waals surface area contributed by atoms with Crippen LogP contribution in [0.5, 0.6) is 11.5 Å². The van der Waals surface area contributed by atoms with Gasteiger partial charge in [-0.15, -0.1) is 0 Å². The lowest BCUT2D eigenvalue weighted by Crippen LogP contribution is -2.40. The van der Waals surface area contributed by atoms with Gasteiger partial charge in [0, 0.05) is 31.7 Å². The molecule has 0 unspecified atom stereocenters. The first-order chi connectivity index (χ1) is 8.11. The largest absolute Gasteiger partial charge is 0.497 e. The Labute approximate surface area is 100 Å². The highest BCUT2D eigenvalue weighted by Gasteiger charge is 2.34. The fourth-order valence-corrected chi connectivity index (χ4v) is 1.91. The molecule has 0 bridgehead atoms. The molecule has 17 heavy (non-hydrogen) atoms. The SMILES string of the molecule is COc1cccc(OC2(O)CCC(=O)CC2)c1. The first-order valence-electron chi connectivity index (χ1n) is 5.68. The molecule has 2 rings (SSSR count). The Balaban J connectivity index is 2.06. The van der Waals surface area contributed by atoms with Crippen molar-refractivity contribution < 1.29 is 19.4 Å². The van der Waals surface area contributed by atoms with Crippen molar-refractivity contribution in [3.8, 4) is 11.5 Å². The zero-order chi connectivity index (χ0) is 12.3. The van der Waals surface area contributed by atoms with Crippen LogP contribution in [-0.2, 0) is 4.79 Å². The van der Waals surface area contributed by atoms with E-state index >= 15 is 0 Å². The highest BCUT2D eigenvalue weighted by molar-refractivity contribution is 5.79. The summed E-state index contributed by atoms with van der Waals surface area (Å²) >= 11 is 0. The third-order valence-electron chi connectivity index (χ3n) is 2.94. The molecule has 1 aromatic rings. The molecule has 1 saturated carbocycles. The number of methoxy groups -OCH3 is 1. The van der Waals surface area contributed by atoms with Crippen LogP contribution < -0.4 is 9.47 Å². The van der Waals surface area contributed by atoms with Crippen LogP contribution in [-0.4, -0.2) is 23.8 Å². The van der Waals surface area contributed by atoms with Crippen molar-refractivity contribution in [2.45, 2.75) is 31.5 Å². The number of ketones is 1. The summed E-state index contributed by atoms with van der Waals surface area (Å²) in [5.41, 5.74) is 0. The maximum absolute atomic E-state index is 11.1. The molecule has 0 spiro atoms. The van der Waals surface area contributed by atoms with Crippen LogP contribution in [0.4, 0.5) is 0 Å². The van der Waals surface area contributed by atoms with Crippen molar-refractivity contribution in [1.82, 2.24) is 0 Å². The molecule has 1 aromatic carbocycles. The minimum Gasteiger partial charge on any atom is -0.497 e. The topological polar surface area (TPSA) is 55.8 Å². The van der Waals surface area contributed by atoms with Gasteiger partial charge in [0.25, 0.3) is 0 Å². The maximum Gasteiger partial charge on any atom is 0.208 e. The second-order valence-corrected chi connectivity index (χ2v) is 4.27. The van der Waals surface area contributed by atoms with E-state index in [-0.39, 0.29) is 5.78 Å². The summed E-state index contributed by atoms with van der Waals surface area (Å²) in [4.78, 5) is 11.1. The quantitative estimate of drug-likeness (QED) is 0.814. The second kappa shape index (κ2) is 4.75. The van der Waals surface area contributed by atoms with Crippen molar-refractivity contribution in [3.63, 3.8) is 0 Å². The molecule has 0 saturated heterocycles. The monoisotopic (exact) mass is 236 g/mol. The normalized spacial score (nSPS) is 18.8. The number of hydrogen-bond acceptors (Lipinski definition) is 4. The molecule has 0 heterocycles. The summed E-state index contributed by atoms with van der Waals surface area (Å²) < 4.78 is 10.6. The first-order valence-corrected chi connectivity index (χ1v) is 5.68. The van der Waals surface area contributed by atoms with Gasteiger partial charge in [-0.25, -0.2) is 0 Å². The molecular weight excluding hydrogens is 220 g/mol. The average Bonchev–Trinajstić information content (AvgIpc) is 2.33. The standard InChI is InChI=1S/C13H16O4/c1-16-11-3-2-4-12(9-11)17-13(15)7-5-10(14)6-8-13/h2-4,9,15H,5-8H2,1H3. The Morgan fingerprint density at radius 2 is 1.88 bits per heavy atom. The van der Waals surface area contributed by atoms with Gasteiger partial charge in [0.05, 0.1) is 7.11 Å². The number of ether oxygens (including phenoxy) is 2. The third kappa shape index (κ3) is 2.97. The van der Waals surface area contributed by atoms with Gasteiger partial charge < -0.3 is 14.6 Å². The van der Waals surface area contributed by atoms with E-state index in [1.165, 1.54) is 0 Å². The molecule has 1 N–H and O–H groups in total. The average molecular weight is 236 g/mol. The van der Waals surface area contributed by atoms with Crippen LogP contribution in [0.15, 0.2) is 24.3 Å². The highest BCUT2D eigenvalue weighted by Crippen LogP contribution is 2.30. The Morgan fingerprint density at radius 1 is 1.24 bits per heavy atom. The van der Waals surface area contributed by atoms with Gasteiger partial charge >= 0.3 is 0 Å². The van der Waals surface area contributed by atoms with E-state index < -0.39 is 5.79 Å². The molecule has 0 atom stereocenters. The number of benzene rings is 1. The lowest BCUT2D eigenvalue weighted by molar-refractivity contribution is -0.166. The minimum absolute atomic E-state index is 0.184. The minimum atomic E-state index is -1.22. The van der Waals surface area contributed by atoms with Crippen LogP contribution in [0.2, 0.25) is 0 Å². The molecule has 4 heteroatoms. The van der Waals surface area contributed by atoms with Gasteiger partial charge in [-0.1, -0.05) is 6.07 Å². The van der Waals surface area contributed by atoms with Crippen molar-refractivity contribution >= 4 is 5.78 Å². The van der Waals surface area contributed by atoms with Crippen LogP contribution in [0.3, 0.4) is 0 Å². The summed E-state index contributed by atoms with van der Waals surface area (Å²) in [5.74, 6) is 0.198. The van der Waals surface area contributed by atoms with Crippen LogP contribution in [0.1, 0.15) is 25.7 Å². The maximum atomic E-state index is 11.1. The van der Waals surface area contributed by atoms with Crippen molar-refractivity contribution in [2.75, 3.05) is 7.11 Å². The second-order valence-electron chi connectivity index (χ2n) is 4.27. The molecule has 0 aliphatic heterocycles. The zero-order valence-corrected chi connectivity index (χ0v) is 9.81. The van der Waals surface area contributed by atoms with Gasteiger partial charge in [-0.2, -0.15) is 0 Å². The smallest absolute Gasteiger partial charge is 0.208 e. The van der Waals surface area contributed by atoms with E-state index in [9.17, 15) is 9.90 Å². The predicted octanol–water partition coefficient (Wildman–Crippen LogP) is 1.91. The Kier molecular flexibility index (Phi) is 3.33. The fraction of sp³-hybridized carbons (Fsp3) is 0.462. The predicted molar refractivity (Wildman–Crippen MR) is 62.0 cm³/mol. The van der Waals surface area contributed by atoms with Gasteiger partial charge in [0.2, 0.25) is 5.79 Å². The number of hydrogen-bond donors (Lipinski definition) is 1. The molecule has 1 fully saturated rings. The summed E-state index contributed by atoms with van der Waals surface area (Å²) in [6.45, 7) is 0. The van der Waals surface area contributed by atoms with Crippen molar-refractivity contribution in [1.29, 1.82) is 0 Å². The molecule has 1 aliphatic rings.